The molecule has 0 aromatic carbocycles. The van der Waals surface area contributed by atoms with E-state index < -0.39 is 0 Å². The number of piperazine rings is 1. The van der Waals surface area contributed by atoms with E-state index in [1.54, 1.807) is 23.7 Å². The monoisotopic (exact) mass is 247 g/mol. The van der Waals surface area contributed by atoms with Crippen LogP contribution in [0.25, 0.3) is 0 Å². The molecule has 0 aliphatic carbocycles. The van der Waals surface area contributed by atoms with Gasteiger partial charge in [-0.05, 0) is 6.07 Å². The third-order valence-corrected chi connectivity index (χ3v) is 3.64. The van der Waals surface area contributed by atoms with Gasteiger partial charge >= 0.3 is 0 Å². The van der Waals surface area contributed by atoms with Crippen molar-refractivity contribution in [3.05, 3.63) is 30.0 Å². The molecule has 17 heavy (non-hydrogen) atoms. The molecular weight excluding hydrogens is 234 g/mol. The summed E-state index contributed by atoms with van der Waals surface area (Å²) in [6.07, 6.45) is 5.43. The maximum atomic E-state index is 4.33. The van der Waals surface area contributed by atoms with Gasteiger partial charge in [-0.25, -0.2) is 15.0 Å². The Hall–Kier alpha value is -1.69. The third-order valence-electron chi connectivity index (χ3n) is 2.80. The molecule has 88 valence electrons. The van der Waals surface area contributed by atoms with Gasteiger partial charge in [-0.15, -0.1) is 11.3 Å². The summed E-state index contributed by atoms with van der Waals surface area (Å²) in [5.41, 5.74) is 0. The van der Waals surface area contributed by atoms with Crippen molar-refractivity contribution in [2.45, 2.75) is 0 Å². The van der Waals surface area contributed by atoms with Crippen molar-refractivity contribution < 1.29 is 0 Å². The second kappa shape index (κ2) is 4.67. The lowest BCUT2D eigenvalue weighted by Gasteiger charge is -2.34. The van der Waals surface area contributed by atoms with E-state index in [-0.39, 0.29) is 0 Å². The van der Waals surface area contributed by atoms with Crippen molar-refractivity contribution in [3.63, 3.8) is 0 Å². The van der Waals surface area contributed by atoms with Crippen LogP contribution in [-0.4, -0.2) is 41.1 Å². The van der Waals surface area contributed by atoms with Crippen molar-refractivity contribution in [2.24, 2.45) is 0 Å². The number of aromatic nitrogens is 3. The quantitative estimate of drug-likeness (QED) is 0.799. The Bertz CT molecular complexity index is 450. The van der Waals surface area contributed by atoms with Crippen LogP contribution in [0.2, 0.25) is 0 Å². The molecule has 0 unspecified atom stereocenters. The van der Waals surface area contributed by atoms with Gasteiger partial charge in [0.1, 0.15) is 0 Å². The molecule has 0 amide bonds. The van der Waals surface area contributed by atoms with Crippen molar-refractivity contribution in [1.82, 2.24) is 15.0 Å². The van der Waals surface area contributed by atoms with Gasteiger partial charge in [0.15, 0.2) is 5.13 Å². The van der Waals surface area contributed by atoms with Gasteiger partial charge in [0.2, 0.25) is 5.95 Å². The maximum Gasteiger partial charge on any atom is 0.225 e. The molecule has 0 atom stereocenters. The molecule has 3 rings (SSSR count). The highest BCUT2D eigenvalue weighted by Crippen LogP contribution is 2.19. The van der Waals surface area contributed by atoms with Crippen molar-refractivity contribution in [1.29, 1.82) is 0 Å². The van der Waals surface area contributed by atoms with E-state index in [1.807, 2.05) is 17.6 Å². The first-order valence-corrected chi connectivity index (χ1v) is 6.48. The van der Waals surface area contributed by atoms with Gasteiger partial charge in [-0.1, -0.05) is 0 Å². The van der Waals surface area contributed by atoms with Gasteiger partial charge in [0.25, 0.3) is 0 Å². The Balaban J connectivity index is 1.65. The van der Waals surface area contributed by atoms with Crippen molar-refractivity contribution >= 4 is 22.4 Å². The second-order valence-electron chi connectivity index (χ2n) is 3.84. The molecule has 0 spiro atoms. The highest BCUT2D eigenvalue weighted by molar-refractivity contribution is 7.13. The summed E-state index contributed by atoms with van der Waals surface area (Å²) in [5.74, 6) is 0.825. The Morgan fingerprint density at radius 1 is 0.882 bits per heavy atom. The fraction of sp³-hybridized carbons (Fsp3) is 0.364. The summed E-state index contributed by atoms with van der Waals surface area (Å²) in [6.45, 7) is 3.85. The highest BCUT2D eigenvalue weighted by Gasteiger charge is 2.19. The van der Waals surface area contributed by atoms with Crippen LogP contribution in [0.5, 0.6) is 0 Å². The Morgan fingerprint density at radius 2 is 1.59 bits per heavy atom. The van der Waals surface area contributed by atoms with E-state index in [0.29, 0.717) is 0 Å². The maximum absolute atomic E-state index is 4.33. The number of thiazole rings is 1. The minimum Gasteiger partial charge on any atom is -0.345 e. The molecule has 1 aliphatic rings. The fourth-order valence-electron chi connectivity index (χ4n) is 1.92. The zero-order valence-electron chi connectivity index (χ0n) is 9.36. The van der Waals surface area contributed by atoms with E-state index in [4.69, 9.17) is 0 Å². The molecule has 3 heterocycles. The summed E-state index contributed by atoms with van der Waals surface area (Å²) < 4.78 is 0. The fourth-order valence-corrected chi connectivity index (χ4v) is 2.62. The third kappa shape index (κ3) is 2.21. The van der Waals surface area contributed by atoms with Crippen LogP contribution in [0.15, 0.2) is 30.0 Å². The Kier molecular flexibility index (Phi) is 2.87. The number of hydrogen-bond acceptors (Lipinski definition) is 6. The predicted octanol–water partition coefficient (Wildman–Crippen LogP) is 1.26. The van der Waals surface area contributed by atoms with Crippen LogP contribution >= 0.6 is 11.3 Å². The Labute approximate surface area is 104 Å². The first kappa shape index (κ1) is 10.5. The van der Waals surface area contributed by atoms with Crippen LogP contribution in [0, 0.1) is 0 Å². The van der Waals surface area contributed by atoms with Gasteiger partial charge in [-0.3, -0.25) is 0 Å². The molecule has 1 fully saturated rings. The van der Waals surface area contributed by atoms with E-state index in [0.717, 1.165) is 37.3 Å². The molecule has 2 aromatic rings. The van der Waals surface area contributed by atoms with E-state index in [9.17, 15) is 0 Å². The Morgan fingerprint density at radius 3 is 2.24 bits per heavy atom. The van der Waals surface area contributed by atoms with Crippen LogP contribution < -0.4 is 9.80 Å². The lowest BCUT2D eigenvalue weighted by Crippen LogP contribution is -2.47. The van der Waals surface area contributed by atoms with Crippen LogP contribution in [0.1, 0.15) is 0 Å². The number of rotatable bonds is 2. The average molecular weight is 247 g/mol. The van der Waals surface area contributed by atoms with Crippen molar-refractivity contribution in [3.8, 4) is 0 Å². The standard InChI is InChI=1S/C11H13N5S/c1-2-12-10(13-3-1)15-5-7-16(8-6-15)11-14-4-9-17-11/h1-4,9H,5-8H2. The van der Waals surface area contributed by atoms with Gasteiger partial charge < -0.3 is 9.80 Å². The largest absolute Gasteiger partial charge is 0.345 e. The smallest absolute Gasteiger partial charge is 0.225 e. The van der Waals surface area contributed by atoms with Crippen LogP contribution in [0.4, 0.5) is 11.1 Å². The molecule has 0 bridgehead atoms. The molecule has 0 N–H and O–H groups in total. The zero-order chi connectivity index (χ0) is 11.5. The molecule has 5 nitrogen and oxygen atoms in total. The zero-order valence-corrected chi connectivity index (χ0v) is 10.2. The lowest BCUT2D eigenvalue weighted by molar-refractivity contribution is 0.639. The second-order valence-corrected chi connectivity index (χ2v) is 4.71. The summed E-state index contributed by atoms with van der Waals surface area (Å²) in [7, 11) is 0. The first-order valence-electron chi connectivity index (χ1n) is 5.60. The van der Waals surface area contributed by atoms with Crippen molar-refractivity contribution in [2.75, 3.05) is 36.0 Å². The van der Waals surface area contributed by atoms with Gasteiger partial charge in [0.05, 0.1) is 0 Å². The normalized spacial score (nSPS) is 16.2. The molecule has 1 saturated heterocycles. The molecule has 0 radical (unpaired) electrons. The van der Waals surface area contributed by atoms with E-state index in [2.05, 4.69) is 24.8 Å². The number of hydrogen-bond donors (Lipinski definition) is 0. The van der Waals surface area contributed by atoms with E-state index in [1.165, 1.54) is 0 Å². The molecular formula is C11H13N5S. The number of nitrogens with zero attached hydrogens (tertiary/aromatic N) is 5. The lowest BCUT2D eigenvalue weighted by atomic mass is 10.3. The predicted molar refractivity (Wildman–Crippen MR) is 68.6 cm³/mol. The first-order chi connectivity index (χ1) is 8.43. The summed E-state index contributed by atoms with van der Waals surface area (Å²) in [5, 5.41) is 3.13. The van der Waals surface area contributed by atoms with Gasteiger partial charge in [0, 0.05) is 50.1 Å². The minimum atomic E-state index is 0.825. The van der Waals surface area contributed by atoms with Gasteiger partial charge in [-0.2, -0.15) is 0 Å². The minimum absolute atomic E-state index is 0.825. The number of anilines is 2. The summed E-state index contributed by atoms with van der Waals surface area (Å²) >= 11 is 1.69. The molecule has 2 aromatic heterocycles. The summed E-state index contributed by atoms with van der Waals surface area (Å²) in [6, 6.07) is 1.84. The van der Waals surface area contributed by atoms with Crippen LogP contribution in [0.3, 0.4) is 0 Å². The van der Waals surface area contributed by atoms with Crippen LogP contribution in [-0.2, 0) is 0 Å². The molecule has 1 aliphatic heterocycles. The topological polar surface area (TPSA) is 45.2 Å². The average Bonchev–Trinajstić information content (AvgIpc) is 2.94. The SMILES string of the molecule is c1cnc(N2CCN(c3nccs3)CC2)nc1. The molecule has 0 saturated carbocycles. The van der Waals surface area contributed by atoms with E-state index >= 15 is 0 Å². The highest BCUT2D eigenvalue weighted by atomic mass is 32.1. The molecule has 6 heteroatoms. The summed E-state index contributed by atoms with van der Waals surface area (Å²) in [4.78, 5) is 17.4.